The summed E-state index contributed by atoms with van der Waals surface area (Å²) < 4.78 is 2.51. The van der Waals surface area contributed by atoms with E-state index in [4.69, 9.17) is 0 Å². The molecule has 5 rings (SSSR count). The maximum Gasteiger partial charge on any atom is 0.277 e. The number of carbonyl (C=O) groups excluding carboxylic acids is 1. The average Bonchev–Trinajstić information content (AvgIpc) is 3.04. The summed E-state index contributed by atoms with van der Waals surface area (Å²) in [5.74, 6) is 0.440. The van der Waals surface area contributed by atoms with Crippen molar-refractivity contribution in [1.82, 2.24) is 9.78 Å². The molecular formula is C22H18BrN3O2. The van der Waals surface area contributed by atoms with Crippen molar-refractivity contribution in [3.05, 3.63) is 91.8 Å². The number of halogens is 1. The second-order valence-corrected chi connectivity index (χ2v) is 8.07. The van der Waals surface area contributed by atoms with E-state index in [1.54, 1.807) is 4.68 Å². The number of aromatic amines is 1. The van der Waals surface area contributed by atoms with E-state index < -0.39 is 0 Å². The van der Waals surface area contributed by atoms with Gasteiger partial charge < -0.3 is 5.32 Å². The van der Waals surface area contributed by atoms with Crippen molar-refractivity contribution in [2.24, 2.45) is 0 Å². The molecule has 5 nitrogen and oxygen atoms in total. The number of allylic oxidation sites excluding steroid dienone is 2. The molecule has 0 unspecified atom stereocenters. The molecule has 6 heteroatoms. The van der Waals surface area contributed by atoms with Gasteiger partial charge in [-0.3, -0.25) is 14.7 Å². The highest BCUT2D eigenvalue weighted by Gasteiger charge is 2.38. The standard InChI is InChI=1S/C22H18BrN3O2/c23-14-11-9-13(10-12-14)18-19-16(7-4-8-17(19)27)24-21-20(18)22(28)26(25-21)15-5-2-1-3-6-15/h1-3,5-6,9-12,18,24-25H,4,7-8H2/t18-/m1/s1. The summed E-state index contributed by atoms with van der Waals surface area (Å²) >= 11 is 3.47. The van der Waals surface area contributed by atoms with Crippen LogP contribution in [0.25, 0.3) is 5.69 Å². The lowest BCUT2D eigenvalue weighted by Crippen LogP contribution is -2.29. The molecule has 0 saturated carbocycles. The molecule has 0 fully saturated rings. The maximum atomic E-state index is 13.4. The molecule has 0 saturated heterocycles. The Morgan fingerprint density at radius 3 is 2.46 bits per heavy atom. The minimum Gasteiger partial charge on any atom is -0.343 e. The van der Waals surface area contributed by atoms with Crippen molar-refractivity contribution < 1.29 is 4.79 Å². The first-order valence-corrected chi connectivity index (χ1v) is 10.1. The Morgan fingerprint density at radius 2 is 1.71 bits per heavy atom. The number of fused-ring (bicyclic) bond motifs is 1. The molecule has 1 aliphatic carbocycles. The van der Waals surface area contributed by atoms with Crippen LogP contribution < -0.4 is 10.9 Å². The van der Waals surface area contributed by atoms with Gasteiger partial charge in [0.1, 0.15) is 5.82 Å². The molecule has 0 spiro atoms. The van der Waals surface area contributed by atoms with Gasteiger partial charge >= 0.3 is 0 Å². The second kappa shape index (κ2) is 6.63. The van der Waals surface area contributed by atoms with E-state index in [1.807, 2.05) is 54.6 Å². The maximum absolute atomic E-state index is 13.4. The Balaban J connectivity index is 1.75. The summed E-state index contributed by atoms with van der Waals surface area (Å²) in [6, 6.07) is 17.3. The van der Waals surface area contributed by atoms with Gasteiger partial charge in [-0.25, -0.2) is 4.68 Å². The highest BCUT2D eigenvalue weighted by atomic mass is 79.9. The zero-order valence-corrected chi connectivity index (χ0v) is 16.6. The Labute approximate surface area is 170 Å². The van der Waals surface area contributed by atoms with Crippen LogP contribution in [0.15, 0.2) is 75.1 Å². The lowest BCUT2D eigenvalue weighted by molar-refractivity contribution is -0.116. The number of benzene rings is 2. The van der Waals surface area contributed by atoms with Gasteiger partial charge in [-0.1, -0.05) is 46.3 Å². The fraction of sp³-hybridized carbons (Fsp3) is 0.182. The minimum absolute atomic E-state index is 0.124. The van der Waals surface area contributed by atoms with Crippen LogP contribution in [0.2, 0.25) is 0 Å². The fourth-order valence-electron chi connectivity index (χ4n) is 4.18. The number of nitrogens with zero attached hydrogens (tertiary/aromatic N) is 1. The second-order valence-electron chi connectivity index (χ2n) is 7.16. The number of hydrogen-bond acceptors (Lipinski definition) is 3. The van der Waals surface area contributed by atoms with E-state index in [0.29, 0.717) is 17.8 Å². The smallest absolute Gasteiger partial charge is 0.277 e. The van der Waals surface area contributed by atoms with E-state index in [1.165, 1.54) is 0 Å². The zero-order chi connectivity index (χ0) is 19.3. The Kier molecular flexibility index (Phi) is 4.09. The number of hydrogen-bond donors (Lipinski definition) is 2. The van der Waals surface area contributed by atoms with Gasteiger partial charge in [-0.2, -0.15) is 0 Å². The van der Waals surface area contributed by atoms with Crippen molar-refractivity contribution in [2.45, 2.75) is 25.2 Å². The van der Waals surface area contributed by atoms with Gasteiger partial charge in [-0.15, -0.1) is 0 Å². The average molecular weight is 436 g/mol. The summed E-state index contributed by atoms with van der Waals surface area (Å²) in [7, 11) is 0. The lowest BCUT2D eigenvalue weighted by Gasteiger charge is -2.31. The minimum atomic E-state index is -0.360. The van der Waals surface area contributed by atoms with Gasteiger partial charge in [0.15, 0.2) is 5.78 Å². The summed E-state index contributed by atoms with van der Waals surface area (Å²) in [5, 5.41) is 6.56. The normalized spacial score (nSPS) is 18.5. The molecule has 0 bridgehead atoms. The third kappa shape index (κ3) is 2.67. The van der Waals surface area contributed by atoms with Crippen molar-refractivity contribution in [3.8, 4) is 5.69 Å². The van der Waals surface area contributed by atoms with Crippen LogP contribution in [0.1, 0.15) is 36.3 Å². The molecule has 1 aromatic heterocycles. The predicted molar refractivity (Wildman–Crippen MR) is 112 cm³/mol. The molecular weight excluding hydrogens is 418 g/mol. The third-order valence-corrected chi connectivity index (χ3v) is 5.98. The Bertz CT molecular complexity index is 1160. The van der Waals surface area contributed by atoms with E-state index in [2.05, 4.69) is 26.3 Å². The van der Waals surface area contributed by atoms with Crippen LogP contribution in [-0.2, 0) is 4.79 Å². The molecule has 28 heavy (non-hydrogen) atoms. The van der Waals surface area contributed by atoms with Crippen LogP contribution in [-0.4, -0.2) is 15.6 Å². The third-order valence-electron chi connectivity index (χ3n) is 5.45. The molecule has 1 atom stereocenters. The number of Topliss-reactive ketones (excluding diaryl/α,β-unsaturated/α-hetero) is 1. The van der Waals surface area contributed by atoms with Crippen molar-refractivity contribution >= 4 is 27.5 Å². The molecule has 3 aromatic rings. The number of para-hydroxylation sites is 1. The van der Waals surface area contributed by atoms with E-state index >= 15 is 0 Å². The predicted octanol–water partition coefficient (Wildman–Crippen LogP) is 4.49. The summed E-state index contributed by atoms with van der Waals surface area (Å²) in [5.41, 5.74) is 3.84. The Hall–Kier alpha value is -2.86. The summed E-state index contributed by atoms with van der Waals surface area (Å²) in [6.45, 7) is 0. The number of H-pyrrole nitrogens is 1. The number of rotatable bonds is 2. The van der Waals surface area contributed by atoms with Crippen LogP contribution in [0.3, 0.4) is 0 Å². The van der Waals surface area contributed by atoms with Crippen molar-refractivity contribution in [1.29, 1.82) is 0 Å². The largest absolute Gasteiger partial charge is 0.343 e. The molecule has 2 heterocycles. The van der Waals surface area contributed by atoms with Gasteiger partial charge in [-0.05, 0) is 42.7 Å². The summed E-state index contributed by atoms with van der Waals surface area (Å²) in [4.78, 5) is 26.2. The van der Waals surface area contributed by atoms with Gasteiger partial charge in [0.2, 0.25) is 0 Å². The van der Waals surface area contributed by atoms with Crippen molar-refractivity contribution in [2.75, 3.05) is 5.32 Å². The lowest BCUT2D eigenvalue weighted by atomic mass is 9.77. The van der Waals surface area contributed by atoms with Crippen LogP contribution >= 0.6 is 15.9 Å². The SMILES string of the molecule is O=C1CCCC2=C1[C@@H](c1ccc(Br)cc1)c1c([nH]n(-c3ccccc3)c1=O)N2. The van der Waals surface area contributed by atoms with E-state index in [-0.39, 0.29) is 17.3 Å². The molecule has 2 aliphatic rings. The quantitative estimate of drug-likeness (QED) is 0.622. The van der Waals surface area contributed by atoms with Crippen molar-refractivity contribution in [3.63, 3.8) is 0 Å². The first-order valence-electron chi connectivity index (χ1n) is 9.32. The molecule has 2 aromatic carbocycles. The van der Waals surface area contributed by atoms with Gasteiger partial charge in [0.05, 0.1) is 11.3 Å². The number of ketones is 1. The van der Waals surface area contributed by atoms with Crippen LogP contribution in [0.4, 0.5) is 5.82 Å². The molecule has 1 aliphatic heterocycles. The highest BCUT2D eigenvalue weighted by molar-refractivity contribution is 9.10. The van der Waals surface area contributed by atoms with Gasteiger partial charge in [0, 0.05) is 28.1 Å². The monoisotopic (exact) mass is 435 g/mol. The first-order chi connectivity index (χ1) is 13.6. The molecule has 2 N–H and O–H groups in total. The number of carbonyl (C=O) groups is 1. The number of anilines is 1. The first kappa shape index (κ1) is 17.3. The molecule has 0 amide bonds. The summed E-state index contributed by atoms with van der Waals surface area (Å²) in [6.07, 6.45) is 2.17. The zero-order valence-electron chi connectivity index (χ0n) is 15.0. The topological polar surface area (TPSA) is 66.9 Å². The molecule has 140 valence electrons. The number of nitrogens with one attached hydrogen (secondary N) is 2. The van der Waals surface area contributed by atoms with Crippen LogP contribution in [0.5, 0.6) is 0 Å². The fourth-order valence-corrected chi connectivity index (χ4v) is 4.45. The van der Waals surface area contributed by atoms with Gasteiger partial charge in [0.25, 0.3) is 5.56 Å². The van der Waals surface area contributed by atoms with Crippen LogP contribution in [0, 0.1) is 0 Å². The highest BCUT2D eigenvalue weighted by Crippen LogP contribution is 2.43. The van der Waals surface area contributed by atoms with E-state index in [0.717, 1.165) is 39.8 Å². The number of aromatic nitrogens is 2. The van der Waals surface area contributed by atoms with E-state index in [9.17, 15) is 9.59 Å². The molecule has 0 radical (unpaired) electrons. The Morgan fingerprint density at radius 1 is 0.964 bits per heavy atom.